The van der Waals surface area contributed by atoms with Gasteiger partial charge in [-0.25, -0.2) is 4.21 Å². The molecule has 25 heavy (non-hydrogen) atoms. The molecular formula is C10H21NaO13S. The van der Waals surface area contributed by atoms with E-state index in [9.17, 15) is 0 Å². The van der Waals surface area contributed by atoms with Gasteiger partial charge in [-0.3, -0.25) is 24.0 Å². The molecule has 0 amide bonds. The molecular weight excluding hydrogens is 383 g/mol. The first-order valence-corrected chi connectivity index (χ1v) is 6.19. The molecule has 1 unspecified atom stereocenters. The van der Waals surface area contributed by atoms with E-state index in [-0.39, 0.29) is 29.6 Å². The maximum Gasteiger partial charge on any atom is 1.00 e. The normalized spacial score (nSPS) is 7.48. The molecule has 0 aromatic heterocycles. The molecule has 0 saturated heterocycles. The summed E-state index contributed by atoms with van der Waals surface area (Å²) in [5.41, 5.74) is 0. The van der Waals surface area contributed by atoms with Gasteiger partial charge in [0.1, 0.15) is 0 Å². The molecule has 0 fully saturated rings. The third kappa shape index (κ3) is 3740. The van der Waals surface area contributed by atoms with Crippen molar-refractivity contribution in [1.29, 1.82) is 0 Å². The van der Waals surface area contributed by atoms with E-state index in [0.29, 0.717) is 0 Å². The summed E-state index contributed by atoms with van der Waals surface area (Å²) in [7, 11) is 0. The fourth-order valence-electron chi connectivity index (χ4n) is 0. The van der Waals surface area contributed by atoms with Gasteiger partial charge >= 0.3 is 29.6 Å². The van der Waals surface area contributed by atoms with Crippen molar-refractivity contribution in [3.05, 3.63) is 0 Å². The van der Waals surface area contributed by atoms with Gasteiger partial charge in [-0.1, -0.05) is 0 Å². The van der Waals surface area contributed by atoms with Crippen LogP contribution in [0.3, 0.4) is 0 Å². The van der Waals surface area contributed by atoms with Crippen LogP contribution in [-0.4, -0.2) is 68.7 Å². The minimum Gasteiger partial charge on any atom is -0.750 e. The Labute approximate surface area is 168 Å². The van der Waals surface area contributed by atoms with Crippen molar-refractivity contribution in [3.63, 3.8) is 0 Å². The summed E-state index contributed by atoms with van der Waals surface area (Å²) in [6.45, 7) is 5.42. The second-order valence-electron chi connectivity index (χ2n) is 2.81. The molecule has 0 aromatic carbocycles. The van der Waals surface area contributed by atoms with Gasteiger partial charge in [0.25, 0.3) is 29.8 Å². The molecule has 15 heteroatoms. The Hall–Kier alpha value is -1.58. The number of hydrogen-bond donors (Lipinski definition) is 6. The van der Waals surface area contributed by atoms with Crippen molar-refractivity contribution in [1.82, 2.24) is 0 Å². The Kier molecular flexibility index (Phi) is 66.6. The van der Waals surface area contributed by atoms with Crippen molar-refractivity contribution in [3.8, 4) is 0 Å². The maximum atomic E-state index is 9.00. The number of carboxylic acid groups (broad SMARTS) is 5. The molecule has 0 aliphatic rings. The van der Waals surface area contributed by atoms with Crippen molar-refractivity contribution >= 4 is 41.2 Å². The summed E-state index contributed by atoms with van der Waals surface area (Å²) >= 11 is -2.86. The molecule has 0 bridgehead atoms. The van der Waals surface area contributed by atoms with Gasteiger partial charge in [0.05, 0.1) is 11.4 Å². The number of carbonyl (C=O) groups is 5. The summed E-state index contributed by atoms with van der Waals surface area (Å²) in [5.74, 6) is -4.17. The zero-order valence-electron chi connectivity index (χ0n) is 14.4. The van der Waals surface area contributed by atoms with Crippen LogP contribution in [0.25, 0.3) is 0 Å². The molecule has 0 heterocycles. The fourth-order valence-corrected chi connectivity index (χ4v) is 0. The van der Waals surface area contributed by atoms with Gasteiger partial charge in [-0.2, -0.15) is 0 Å². The number of aliphatic carboxylic acids is 5. The topological polar surface area (TPSA) is 247 Å². The zero-order chi connectivity index (χ0) is 21.5. The van der Waals surface area contributed by atoms with Crippen LogP contribution in [0.1, 0.15) is 34.6 Å². The van der Waals surface area contributed by atoms with Crippen LogP contribution in [0, 0.1) is 0 Å². The van der Waals surface area contributed by atoms with Crippen LogP contribution in [0.5, 0.6) is 0 Å². The summed E-state index contributed by atoms with van der Waals surface area (Å²) in [5, 5.41) is 37.1. The molecule has 0 aliphatic carbocycles. The molecule has 0 radical (unpaired) electrons. The zero-order valence-corrected chi connectivity index (χ0v) is 17.3. The van der Waals surface area contributed by atoms with Crippen LogP contribution >= 0.6 is 0 Å². The van der Waals surface area contributed by atoms with E-state index in [4.69, 9.17) is 62.8 Å². The van der Waals surface area contributed by atoms with Gasteiger partial charge in [0.2, 0.25) is 0 Å². The molecule has 0 rings (SSSR count). The summed E-state index contributed by atoms with van der Waals surface area (Å²) in [6.07, 6.45) is 0. The summed E-state index contributed by atoms with van der Waals surface area (Å²) < 4.78 is 24.1. The second kappa shape index (κ2) is 38.2. The van der Waals surface area contributed by atoms with Crippen molar-refractivity contribution in [2.75, 3.05) is 0 Å². The van der Waals surface area contributed by atoms with Crippen molar-refractivity contribution < 1.29 is 92.4 Å². The third-order valence-electron chi connectivity index (χ3n) is 0. The molecule has 0 saturated carbocycles. The van der Waals surface area contributed by atoms with Gasteiger partial charge < -0.3 is 34.6 Å². The molecule has 146 valence electrons. The van der Waals surface area contributed by atoms with Gasteiger partial charge in [0.15, 0.2) is 0 Å². The third-order valence-corrected chi connectivity index (χ3v) is 0. The first-order valence-electron chi connectivity index (χ1n) is 5.15. The van der Waals surface area contributed by atoms with E-state index in [1.807, 2.05) is 0 Å². The molecule has 6 N–H and O–H groups in total. The Morgan fingerprint density at radius 3 is 0.600 bits per heavy atom. The SMILES string of the molecule is CC(=O)O.CC(=O)O.CC(=O)O.CC(=O)O.CC(=O)O.O=S([O-])O.[Na+]. The second-order valence-corrected chi connectivity index (χ2v) is 3.25. The van der Waals surface area contributed by atoms with Gasteiger partial charge in [-0.05, 0) is 0 Å². The van der Waals surface area contributed by atoms with E-state index in [2.05, 4.69) is 0 Å². The Morgan fingerprint density at radius 1 is 0.600 bits per heavy atom. The monoisotopic (exact) mass is 404 g/mol. The van der Waals surface area contributed by atoms with Gasteiger partial charge in [0, 0.05) is 34.6 Å². The number of hydrogen-bond acceptors (Lipinski definition) is 7. The Morgan fingerprint density at radius 2 is 0.600 bits per heavy atom. The number of rotatable bonds is 0. The van der Waals surface area contributed by atoms with E-state index in [1.54, 1.807) is 0 Å². The smallest absolute Gasteiger partial charge is 0.750 e. The Balaban J connectivity index is -0.0000000309. The first-order chi connectivity index (χ1) is 10.4. The van der Waals surface area contributed by atoms with Crippen LogP contribution in [0.15, 0.2) is 0 Å². The minimum absolute atomic E-state index is 0. The average Bonchev–Trinajstić information content (AvgIpc) is 2.08. The fraction of sp³-hybridized carbons (Fsp3) is 0.500. The quantitative estimate of drug-likeness (QED) is 0.172. The molecule has 0 aromatic rings. The van der Waals surface area contributed by atoms with Crippen LogP contribution < -0.4 is 29.6 Å². The van der Waals surface area contributed by atoms with E-state index in [1.165, 1.54) is 0 Å². The van der Waals surface area contributed by atoms with E-state index < -0.39 is 41.2 Å². The summed E-state index contributed by atoms with van der Waals surface area (Å²) in [6, 6.07) is 0. The molecule has 0 spiro atoms. The predicted molar refractivity (Wildman–Crippen MR) is 78.1 cm³/mol. The maximum absolute atomic E-state index is 9.00. The van der Waals surface area contributed by atoms with E-state index >= 15 is 0 Å². The standard InChI is InChI=1S/5C2H4O2.Na.H2O3S/c5*1-2(3)4;;1-4(2)3/h5*1H3,(H,3,4);;(H2,1,2,3)/q;;;;;+1;/p-1. The van der Waals surface area contributed by atoms with Gasteiger partial charge in [-0.15, -0.1) is 0 Å². The molecule has 1 atom stereocenters. The van der Waals surface area contributed by atoms with Crippen LogP contribution in [0.4, 0.5) is 0 Å². The number of carboxylic acids is 5. The summed E-state index contributed by atoms with van der Waals surface area (Å²) in [4.78, 5) is 45.0. The van der Waals surface area contributed by atoms with Crippen LogP contribution in [-0.2, 0) is 35.3 Å². The van der Waals surface area contributed by atoms with Crippen LogP contribution in [0.2, 0.25) is 0 Å². The average molecular weight is 404 g/mol. The largest absolute Gasteiger partial charge is 1.00 e. The van der Waals surface area contributed by atoms with Crippen molar-refractivity contribution in [2.24, 2.45) is 0 Å². The predicted octanol–water partition coefficient (Wildman–Crippen LogP) is -3.20. The molecule has 13 nitrogen and oxygen atoms in total. The van der Waals surface area contributed by atoms with Crippen molar-refractivity contribution in [2.45, 2.75) is 34.6 Å². The molecule has 0 aliphatic heterocycles. The first kappa shape index (κ1) is 43.7. The Bertz CT molecular complexity index is 266. The van der Waals surface area contributed by atoms with E-state index in [0.717, 1.165) is 34.6 Å². The minimum atomic E-state index is -2.86.